The predicted octanol–water partition coefficient (Wildman–Crippen LogP) is 3.35. The molecule has 0 aliphatic heterocycles. The second-order valence-corrected chi connectivity index (χ2v) is 4.11. The van der Waals surface area contributed by atoms with Crippen LogP contribution in [0.3, 0.4) is 0 Å². The second-order valence-electron chi connectivity index (χ2n) is 4.11. The molecule has 0 aliphatic rings. The number of phenols is 1. The van der Waals surface area contributed by atoms with Gasteiger partial charge in [-0.1, -0.05) is 43.7 Å². The molecule has 1 atom stereocenters. The van der Waals surface area contributed by atoms with Gasteiger partial charge in [-0.25, -0.2) is 0 Å². The summed E-state index contributed by atoms with van der Waals surface area (Å²) in [5, 5.41) is 11.7. The maximum Gasteiger partial charge on any atom is 0.123 e. The first-order valence-electron chi connectivity index (χ1n) is 5.70. The van der Waals surface area contributed by atoms with Crippen LogP contribution in [0.25, 0.3) is 10.8 Å². The zero-order valence-corrected chi connectivity index (χ0v) is 9.48. The Morgan fingerprint density at radius 1 is 1.12 bits per heavy atom. The van der Waals surface area contributed by atoms with Crippen molar-refractivity contribution in [3.63, 3.8) is 0 Å². The Morgan fingerprint density at radius 2 is 1.81 bits per heavy atom. The molecular formula is C14H17NO. The molecule has 0 bridgehead atoms. The van der Waals surface area contributed by atoms with Crippen LogP contribution in [-0.4, -0.2) is 5.11 Å². The number of nitrogens with two attached hydrogens (primary N) is 1. The van der Waals surface area contributed by atoms with Gasteiger partial charge in [0.15, 0.2) is 0 Å². The maximum atomic E-state index is 9.77. The second kappa shape index (κ2) is 4.54. The SMILES string of the molecule is CCCC(N)c1ccc(O)c2ccccc12. The summed E-state index contributed by atoms with van der Waals surface area (Å²) in [5.41, 5.74) is 7.26. The minimum atomic E-state index is 0.0514. The summed E-state index contributed by atoms with van der Waals surface area (Å²) in [6.45, 7) is 2.13. The van der Waals surface area contributed by atoms with Crippen LogP contribution in [0.5, 0.6) is 5.75 Å². The Morgan fingerprint density at radius 3 is 2.50 bits per heavy atom. The third-order valence-electron chi connectivity index (χ3n) is 2.93. The van der Waals surface area contributed by atoms with E-state index in [9.17, 15) is 5.11 Å². The predicted molar refractivity (Wildman–Crippen MR) is 67.4 cm³/mol. The van der Waals surface area contributed by atoms with E-state index in [1.165, 1.54) is 0 Å². The van der Waals surface area contributed by atoms with E-state index in [4.69, 9.17) is 5.73 Å². The monoisotopic (exact) mass is 215 g/mol. The van der Waals surface area contributed by atoms with Gasteiger partial charge >= 0.3 is 0 Å². The van der Waals surface area contributed by atoms with Gasteiger partial charge in [0.2, 0.25) is 0 Å². The van der Waals surface area contributed by atoms with E-state index >= 15 is 0 Å². The fourth-order valence-corrected chi connectivity index (χ4v) is 2.10. The summed E-state index contributed by atoms with van der Waals surface area (Å²) in [7, 11) is 0. The van der Waals surface area contributed by atoms with Crippen LogP contribution in [0.2, 0.25) is 0 Å². The molecule has 0 amide bonds. The molecule has 0 saturated carbocycles. The minimum Gasteiger partial charge on any atom is -0.507 e. The Balaban J connectivity index is 2.58. The van der Waals surface area contributed by atoms with Crippen molar-refractivity contribution in [2.24, 2.45) is 5.73 Å². The van der Waals surface area contributed by atoms with Crippen LogP contribution >= 0.6 is 0 Å². The van der Waals surface area contributed by atoms with Crippen LogP contribution in [0.15, 0.2) is 36.4 Å². The largest absolute Gasteiger partial charge is 0.507 e. The summed E-state index contributed by atoms with van der Waals surface area (Å²) in [6, 6.07) is 11.6. The van der Waals surface area contributed by atoms with Crippen LogP contribution in [-0.2, 0) is 0 Å². The number of rotatable bonds is 3. The summed E-state index contributed by atoms with van der Waals surface area (Å²) in [4.78, 5) is 0. The molecule has 2 aromatic carbocycles. The fraction of sp³-hybridized carbons (Fsp3) is 0.286. The summed E-state index contributed by atoms with van der Waals surface area (Å²) in [6.07, 6.45) is 2.03. The lowest BCUT2D eigenvalue weighted by Gasteiger charge is -2.14. The highest BCUT2D eigenvalue weighted by molar-refractivity contribution is 5.91. The maximum absolute atomic E-state index is 9.77. The van der Waals surface area contributed by atoms with Gasteiger partial charge in [0, 0.05) is 11.4 Å². The average Bonchev–Trinajstić information content (AvgIpc) is 2.30. The first kappa shape index (κ1) is 11.0. The van der Waals surface area contributed by atoms with Crippen molar-refractivity contribution in [3.8, 4) is 5.75 Å². The van der Waals surface area contributed by atoms with Gasteiger partial charge in [-0.05, 0) is 23.4 Å². The zero-order chi connectivity index (χ0) is 11.5. The smallest absolute Gasteiger partial charge is 0.123 e. The Labute approximate surface area is 95.7 Å². The Kier molecular flexibility index (Phi) is 3.11. The molecule has 0 spiro atoms. The Hall–Kier alpha value is -1.54. The van der Waals surface area contributed by atoms with E-state index in [0.29, 0.717) is 5.75 Å². The van der Waals surface area contributed by atoms with Gasteiger partial charge in [0.25, 0.3) is 0 Å². The molecule has 0 heterocycles. The van der Waals surface area contributed by atoms with E-state index < -0.39 is 0 Å². The number of hydrogen-bond acceptors (Lipinski definition) is 2. The molecule has 0 radical (unpaired) electrons. The van der Waals surface area contributed by atoms with E-state index in [1.807, 2.05) is 30.3 Å². The number of hydrogen-bond donors (Lipinski definition) is 2. The van der Waals surface area contributed by atoms with Gasteiger partial charge in [-0.15, -0.1) is 0 Å². The molecule has 3 N–H and O–H groups in total. The summed E-state index contributed by atoms with van der Waals surface area (Å²) < 4.78 is 0. The first-order chi connectivity index (χ1) is 7.74. The normalized spacial score (nSPS) is 12.9. The van der Waals surface area contributed by atoms with E-state index in [1.54, 1.807) is 6.07 Å². The molecule has 0 saturated heterocycles. The highest BCUT2D eigenvalue weighted by Gasteiger charge is 2.10. The third-order valence-corrected chi connectivity index (χ3v) is 2.93. The number of benzene rings is 2. The molecule has 0 fully saturated rings. The van der Waals surface area contributed by atoms with Crippen molar-refractivity contribution in [2.75, 3.05) is 0 Å². The van der Waals surface area contributed by atoms with Gasteiger partial charge in [0.05, 0.1) is 0 Å². The van der Waals surface area contributed by atoms with Crippen molar-refractivity contribution in [1.29, 1.82) is 0 Å². The molecule has 2 heteroatoms. The van der Waals surface area contributed by atoms with Crippen molar-refractivity contribution in [2.45, 2.75) is 25.8 Å². The molecule has 84 valence electrons. The molecule has 2 aromatic rings. The average molecular weight is 215 g/mol. The lowest BCUT2D eigenvalue weighted by molar-refractivity contribution is 0.481. The van der Waals surface area contributed by atoms with E-state index in [2.05, 4.69) is 6.92 Å². The standard InChI is InChI=1S/C14H17NO/c1-2-5-13(15)11-8-9-14(16)12-7-4-3-6-10(11)12/h3-4,6-9,13,16H,2,5,15H2,1H3. The van der Waals surface area contributed by atoms with Gasteiger partial charge in [-0.3, -0.25) is 0 Å². The number of fused-ring (bicyclic) bond motifs is 1. The van der Waals surface area contributed by atoms with Crippen LogP contribution in [0, 0.1) is 0 Å². The quantitative estimate of drug-likeness (QED) is 0.824. The fourth-order valence-electron chi connectivity index (χ4n) is 2.10. The summed E-state index contributed by atoms with van der Waals surface area (Å²) >= 11 is 0. The molecule has 1 unspecified atom stereocenters. The highest BCUT2D eigenvalue weighted by atomic mass is 16.3. The van der Waals surface area contributed by atoms with Gasteiger partial charge in [0.1, 0.15) is 5.75 Å². The van der Waals surface area contributed by atoms with Crippen LogP contribution < -0.4 is 5.73 Å². The van der Waals surface area contributed by atoms with Crippen LogP contribution in [0.1, 0.15) is 31.4 Å². The molecule has 0 aliphatic carbocycles. The number of aromatic hydroxyl groups is 1. The molecule has 0 aromatic heterocycles. The number of phenolic OH excluding ortho intramolecular Hbond substituents is 1. The summed E-state index contributed by atoms with van der Waals surface area (Å²) in [5.74, 6) is 0.322. The highest BCUT2D eigenvalue weighted by Crippen LogP contribution is 2.31. The molecule has 16 heavy (non-hydrogen) atoms. The Bertz CT molecular complexity index is 493. The van der Waals surface area contributed by atoms with Crippen molar-refractivity contribution < 1.29 is 5.11 Å². The zero-order valence-electron chi connectivity index (χ0n) is 9.48. The van der Waals surface area contributed by atoms with Gasteiger partial charge in [-0.2, -0.15) is 0 Å². The van der Waals surface area contributed by atoms with E-state index in [0.717, 1.165) is 29.2 Å². The van der Waals surface area contributed by atoms with Crippen molar-refractivity contribution >= 4 is 10.8 Å². The first-order valence-corrected chi connectivity index (χ1v) is 5.70. The molecule has 2 nitrogen and oxygen atoms in total. The topological polar surface area (TPSA) is 46.2 Å². The molecular weight excluding hydrogens is 198 g/mol. The molecule has 2 rings (SSSR count). The van der Waals surface area contributed by atoms with Gasteiger partial charge < -0.3 is 10.8 Å². The minimum absolute atomic E-state index is 0.0514. The van der Waals surface area contributed by atoms with E-state index in [-0.39, 0.29) is 6.04 Å². The van der Waals surface area contributed by atoms with Crippen LogP contribution in [0.4, 0.5) is 0 Å². The van der Waals surface area contributed by atoms with Crippen molar-refractivity contribution in [3.05, 3.63) is 42.0 Å². The third kappa shape index (κ3) is 1.89. The lowest BCUT2D eigenvalue weighted by Crippen LogP contribution is -2.10. The lowest BCUT2D eigenvalue weighted by atomic mass is 9.96. The van der Waals surface area contributed by atoms with Crippen molar-refractivity contribution in [1.82, 2.24) is 0 Å².